The van der Waals surface area contributed by atoms with Gasteiger partial charge >= 0.3 is 0 Å². The van der Waals surface area contributed by atoms with Crippen LogP contribution in [0.15, 0.2) is 82.6 Å². The zero-order chi connectivity index (χ0) is 18.9. The van der Waals surface area contributed by atoms with E-state index in [9.17, 15) is 4.79 Å². The summed E-state index contributed by atoms with van der Waals surface area (Å²) >= 11 is 1.63. The van der Waals surface area contributed by atoms with E-state index in [-0.39, 0.29) is 5.91 Å². The molecule has 0 saturated carbocycles. The van der Waals surface area contributed by atoms with Gasteiger partial charge in [-0.05, 0) is 35.7 Å². The van der Waals surface area contributed by atoms with Crippen molar-refractivity contribution in [1.82, 2.24) is 5.32 Å². The minimum absolute atomic E-state index is 0.0720. The molecule has 4 nitrogen and oxygen atoms in total. The summed E-state index contributed by atoms with van der Waals surface area (Å²) in [6.45, 7) is 0.339. The van der Waals surface area contributed by atoms with Crippen molar-refractivity contribution in [3.63, 3.8) is 0 Å². The second-order valence-corrected chi connectivity index (χ2v) is 7.52. The quantitative estimate of drug-likeness (QED) is 0.499. The molecule has 2 aromatic heterocycles. The highest BCUT2D eigenvalue weighted by molar-refractivity contribution is 7.13. The average molecular weight is 387 g/mol. The normalized spacial score (nSPS) is 12.7. The molecule has 28 heavy (non-hydrogen) atoms. The van der Waals surface area contributed by atoms with Gasteiger partial charge in [-0.25, -0.2) is 0 Å². The maximum Gasteiger partial charge on any atom is 0.232 e. The topological polar surface area (TPSA) is 51.5 Å². The van der Waals surface area contributed by atoms with Gasteiger partial charge in [0, 0.05) is 11.1 Å². The molecule has 5 heteroatoms. The Bertz CT molecular complexity index is 1080. The number of fused-ring (bicyclic) bond motifs is 2. The molecule has 1 aliphatic rings. The van der Waals surface area contributed by atoms with Crippen molar-refractivity contribution < 1.29 is 13.9 Å². The van der Waals surface area contributed by atoms with E-state index in [1.807, 2.05) is 78.2 Å². The van der Waals surface area contributed by atoms with Crippen molar-refractivity contribution in [3.8, 4) is 22.1 Å². The van der Waals surface area contributed by atoms with Gasteiger partial charge in [-0.1, -0.05) is 42.5 Å². The number of hydrogen-bond acceptors (Lipinski definition) is 4. The summed E-state index contributed by atoms with van der Waals surface area (Å²) < 4.78 is 11.8. The Morgan fingerprint density at radius 3 is 2.29 bits per heavy atom. The van der Waals surface area contributed by atoms with E-state index in [1.165, 1.54) is 0 Å². The van der Waals surface area contributed by atoms with E-state index < -0.39 is 5.92 Å². The second-order valence-electron chi connectivity index (χ2n) is 6.57. The fraction of sp³-hybridized carbons (Fsp3) is 0.0870. The third-order valence-corrected chi connectivity index (χ3v) is 5.69. The Hall–Kier alpha value is -3.31. The van der Waals surface area contributed by atoms with Gasteiger partial charge in [0.2, 0.25) is 5.91 Å². The Labute approximate surface area is 166 Å². The minimum Gasteiger partial charge on any atom is -0.458 e. The predicted molar refractivity (Wildman–Crippen MR) is 109 cm³/mol. The van der Waals surface area contributed by atoms with Crippen LogP contribution >= 0.6 is 11.3 Å². The molecule has 3 heterocycles. The van der Waals surface area contributed by atoms with Gasteiger partial charge < -0.3 is 14.5 Å². The highest BCUT2D eigenvalue weighted by atomic mass is 32.1. The number of carbonyl (C=O) groups is 1. The van der Waals surface area contributed by atoms with Crippen LogP contribution in [0.3, 0.4) is 0 Å². The van der Waals surface area contributed by atoms with Gasteiger partial charge in [0.1, 0.15) is 23.0 Å². The molecule has 5 rings (SSSR count). The summed E-state index contributed by atoms with van der Waals surface area (Å²) in [5.74, 6) is 2.51. The lowest BCUT2D eigenvalue weighted by atomic mass is 9.87. The van der Waals surface area contributed by atoms with E-state index >= 15 is 0 Å². The van der Waals surface area contributed by atoms with E-state index in [0.29, 0.717) is 6.54 Å². The number of para-hydroxylation sites is 2. The number of amides is 1. The van der Waals surface area contributed by atoms with Gasteiger partial charge in [-0.3, -0.25) is 4.79 Å². The molecule has 4 aromatic rings. The third-order valence-electron chi connectivity index (χ3n) is 4.80. The summed E-state index contributed by atoms with van der Waals surface area (Å²) in [6.07, 6.45) is 0. The summed E-state index contributed by atoms with van der Waals surface area (Å²) in [5.41, 5.74) is 1.75. The Kier molecular flexibility index (Phi) is 4.22. The zero-order valence-electron chi connectivity index (χ0n) is 14.9. The monoisotopic (exact) mass is 387 g/mol. The van der Waals surface area contributed by atoms with E-state index in [0.717, 1.165) is 39.0 Å². The largest absolute Gasteiger partial charge is 0.458 e. The lowest BCUT2D eigenvalue weighted by Crippen LogP contribution is -2.31. The van der Waals surface area contributed by atoms with Crippen LogP contribution in [0.2, 0.25) is 0 Å². The number of furan rings is 1. The Balaban J connectivity index is 1.38. The molecule has 138 valence electrons. The summed E-state index contributed by atoms with van der Waals surface area (Å²) in [4.78, 5) is 14.2. The standard InChI is InChI=1S/C23H17NO3S/c25-23(24-14-15-11-12-20(26-15)21-10-5-13-28-21)22-16-6-1-3-8-18(16)27-19-9-4-2-7-17(19)22/h1-13,22H,14H2,(H,24,25). The fourth-order valence-electron chi connectivity index (χ4n) is 3.49. The van der Waals surface area contributed by atoms with Crippen LogP contribution < -0.4 is 10.1 Å². The number of ether oxygens (including phenoxy) is 1. The van der Waals surface area contributed by atoms with Gasteiger partial charge in [-0.15, -0.1) is 11.3 Å². The van der Waals surface area contributed by atoms with E-state index in [2.05, 4.69) is 5.32 Å². The lowest BCUT2D eigenvalue weighted by molar-refractivity contribution is -0.122. The second kappa shape index (κ2) is 7.02. The number of benzene rings is 2. The molecule has 1 aliphatic heterocycles. The highest BCUT2D eigenvalue weighted by Crippen LogP contribution is 2.43. The van der Waals surface area contributed by atoms with Crippen LogP contribution in [-0.4, -0.2) is 5.91 Å². The Morgan fingerprint density at radius 2 is 1.61 bits per heavy atom. The molecular weight excluding hydrogens is 370 g/mol. The van der Waals surface area contributed by atoms with Gasteiger partial charge in [0.15, 0.2) is 0 Å². The van der Waals surface area contributed by atoms with Crippen molar-refractivity contribution in [2.75, 3.05) is 0 Å². The Morgan fingerprint density at radius 1 is 0.893 bits per heavy atom. The van der Waals surface area contributed by atoms with Crippen molar-refractivity contribution >= 4 is 17.2 Å². The predicted octanol–water partition coefficient (Wildman–Crippen LogP) is 5.56. The van der Waals surface area contributed by atoms with Crippen molar-refractivity contribution in [2.24, 2.45) is 0 Å². The first-order valence-corrected chi connectivity index (χ1v) is 9.93. The average Bonchev–Trinajstić information content (AvgIpc) is 3.42. The number of rotatable bonds is 4. The minimum atomic E-state index is -0.409. The first-order chi connectivity index (χ1) is 13.8. The number of carbonyl (C=O) groups excluding carboxylic acids is 1. The molecule has 0 saturated heterocycles. The summed E-state index contributed by atoms with van der Waals surface area (Å²) in [5, 5.41) is 5.04. The van der Waals surface area contributed by atoms with Gasteiger partial charge in [-0.2, -0.15) is 0 Å². The van der Waals surface area contributed by atoms with Crippen molar-refractivity contribution in [1.29, 1.82) is 0 Å². The van der Waals surface area contributed by atoms with Crippen LogP contribution in [0.5, 0.6) is 11.5 Å². The molecule has 0 fully saturated rings. The van der Waals surface area contributed by atoms with Crippen LogP contribution in [0.1, 0.15) is 22.8 Å². The molecule has 0 radical (unpaired) electrons. The lowest BCUT2D eigenvalue weighted by Gasteiger charge is -2.27. The van der Waals surface area contributed by atoms with Crippen LogP contribution in [0, 0.1) is 0 Å². The van der Waals surface area contributed by atoms with Gasteiger partial charge in [0.05, 0.1) is 17.3 Å². The van der Waals surface area contributed by atoms with Crippen LogP contribution in [0.4, 0.5) is 0 Å². The number of thiophene rings is 1. The highest BCUT2D eigenvalue weighted by Gasteiger charge is 2.32. The van der Waals surface area contributed by atoms with Crippen molar-refractivity contribution in [3.05, 3.63) is 95.1 Å². The molecule has 0 unspecified atom stereocenters. The zero-order valence-corrected chi connectivity index (χ0v) is 15.7. The smallest absolute Gasteiger partial charge is 0.232 e. The molecule has 0 aliphatic carbocycles. The molecule has 0 atom stereocenters. The summed E-state index contributed by atoms with van der Waals surface area (Å²) in [7, 11) is 0. The molecule has 2 aromatic carbocycles. The van der Waals surface area contributed by atoms with Crippen LogP contribution in [0.25, 0.3) is 10.6 Å². The fourth-order valence-corrected chi connectivity index (χ4v) is 4.18. The molecule has 1 N–H and O–H groups in total. The SMILES string of the molecule is O=C(NCc1ccc(-c2cccs2)o1)C1c2ccccc2Oc2ccccc21. The first kappa shape index (κ1) is 16.8. The van der Waals surface area contributed by atoms with Crippen molar-refractivity contribution in [2.45, 2.75) is 12.5 Å². The summed E-state index contributed by atoms with van der Waals surface area (Å²) in [6, 6.07) is 23.2. The van der Waals surface area contributed by atoms with E-state index in [1.54, 1.807) is 11.3 Å². The molecule has 1 amide bonds. The number of nitrogens with one attached hydrogen (secondary N) is 1. The van der Waals surface area contributed by atoms with Gasteiger partial charge in [0.25, 0.3) is 0 Å². The molecule has 0 spiro atoms. The molecule has 0 bridgehead atoms. The number of hydrogen-bond donors (Lipinski definition) is 1. The van der Waals surface area contributed by atoms with Crippen LogP contribution in [-0.2, 0) is 11.3 Å². The first-order valence-electron chi connectivity index (χ1n) is 9.05. The maximum atomic E-state index is 13.1. The molecular formula is C23H17NO3S. The maximum absolute atomic E-state index is 13.1. The van der Waals surface area contributed by atoms with E-state index in [4.69, 9.17) is 9.15 Å². The third kappa shape index (κ3) is 3.00.